The lowest BCUT2D eigenvalue weighted by molar-refractivity contribution is -0.144. The van der Waals surface area contributed by atoms with Crippen LogP contribution < -0.4 is 4.74 Å². The van der Waals surface area contributed by atoms with Gasteiger partial charge in [-0.3, -0.25) is 0 Å². The second-order valence-corrected chi connectivity index (χ2v) is 6.50. The molecule has 128 valence electrons. The van der Waals surface area contributed by atoms with Gasteiger partial charge in [-0.2, -0.15) is 0 Å². The van der Waals surface area contributed by atoms with Crippen LogP contribution in [0.25, 0.3) is 10.8 Å². The molecule has 0 aliphatic heterocycles. The lowest BCUT2D eigenvalue weighted by Crippen LogP contribution is -2.30. The van der Waals surface area contributed by atoms with Gasteiger partial charge in [0.05, 0.1) is 0 Å². The minimum atomic E-state index is -0.952. The summed E-state index contributed by atoms with van der Waals surface area (Å²) in [5, 5.41) is 11.6. The lowest BCUT2D eigenvalue weighted by atomic mass is 9.95. The zero-order chi connectivity index (χ0) is 18.0. The summed E-state index contributed by atoms with van der Waals surface area (Å²) >= 11 is 0. The number of fused-ring (bicyclic) bond motifs is 1. The maximum absolute atomic E-state index is 11.8. The number of ether oxygens (including phenoxy) is 1. The van der Waals surface area contributed by atoms with Crippen molar-refractivity contribution in [2.75, 3.05) is 0 Å². The van der Waals surface area contributed by atoms with Gasteiger partial charge in [0, 0.05) is 11.8 Å². The number of hydrogen-bond acceptors (Lipinski definition) is 2. The molecule has 3 aromatic carbocycles. The van der Waals surface area contributed by atoms with Crippen LogP contribution in [-0.2, 0) is 11.2 Å². The first kappa shape index (κ1) is 17.0. The molecule has 1 N–H and O–H groups in total. The third kappa shape index (κ3) is 3.66. The number of hydrogen-bond donors (Lipinski definition) is 1. The maximum atomic E-state index is 11.8. The Morgan fingerprint density at radius 1 is 1.00 bits per heavy atom. The van der Waals surface area contributed by atoms with E-state index < -0.39 is 12.1 Å². The molecule has 0 fully saturated rings. The Balaban J connectivity index is 1.94. The molecule has 0 spiro atoms. The first-order chi connectivity index (χ1) is 12.0. The summed E-state index contributed by atoms with van der Waals surface area (Å²) in [7, 11) is 0. The predicted molar refractivity (Wildman–Crippen MR) is 100 cm³/mol. The second-order valence-electron chi connectivity index (χ2n) is 6.50. The average Bonchev–Trinajstić information content (AvgIpc) is 2.56. The van der Waals surface area contributed by atoms with E-state index in [1.165, 1.54) is 5.56 Å². The fraction of sp³-hybridized carbons (Fsp3) is 0.227. The summed E-state index contributed by atoms with van der Waals surface area (Å²) in [6.07, 6.45) is -0.581. The third-order valence-electron chi connectivity index (χ3n) is 4.52. The van der Waals surface area contributed by atoms with Gasteiger partial charge in [0.1, 0.15) is 5.75 Å². The molecule has 0 saturated carbocycles. The quantitative estimate of drug-likeness (QED) is 0.726. The van der Waals surface area contributed by atoms with Gasteiger partial charge < -0.3 is 9.84 Å². The van der Waals surface area contributed by atoms with Gasteiger partial charge in [0.15, 0.2) is 6.10 Å². The Kier molecular flexibility index (Phi) is 4.75. The number of carboxylic acids is 1. The van der Waals surface area contributed by atoms with Crippen molar-refractivity contribution >= 4 is 16.7 Å². The summed E-state index contributed by atoms with van der Waals surface area (Å²) in [6, 6.07) is 17.7. The van der Waals surface area contributed by atoms with Gasteiger partial charge in [-0.25, -0.2) is 4.79 Å². The SMILES string of the molecule is Cc1cc(C)c(C[C@H](Oc2cccc3ccccc23)C(=O)O)c(C)c1. The molecule has 0 heterocycles. The smallest absolute Gasteiger partial charge is 0.345 e. The molecule has 1 atom stereocenters. The van der Waals surface area contributed by atoms with Crippen molar-refractivity contribution in [3.05, 3.63) is 76.9 Å². The van der Waals surface area contributed by atoms with E-state index in [0.717, 1.165) is 27.5 Å². The van der Waals surface area contributed by atoms with Crippen LogP contribution in [0.1, 0.15) is 22.3 Å². The van der Waals surface area contributed by atoms with Crippen LogP contribution >= 0.6 is 0 Å². The van der Waals surface area contributed by atoms with Gasteiger partial charge in [0.2, 0.25) is 0 Å². The minimum Gasteiger partial charge on any atom is -0.478 e. The Morgan fingerprint density at radius 2 is 1.64 bits per heavy atom. The van der Waals surface area contributed by atoms with Crippen molar-refractivity contribution in [2.24, 2.45) is 0 Å². The van der Waals surface area contributed by atoms with Crippen molar-refractivity contribution in [2.45, 2.75) is 33.3 Å². The highest BCUT2D eigenvalue weighted by atomic mass is 16.5. The van der Waals surface area contributed by atoms with Crippen LogP contribution in [0.15, 0.2) is 54.6 Å². The standard InChI is InChI=1S/C22H22O3/c1-14-11-15(2)19(16(3)12-14)13-21(22(23)24)25-20-10-6-8-17-7-4-5-9-18(17)20/h4-12,21H,13H2,1-3H3,(H,23,24)/t21-/m0/s1. The number of aliphatic carboxylic acids is 1. The Bertz CT molecular complexity index is 899. The molecule has 0 aromatic heterocycles. The molecule has 0 bridgehead atoms. The van der Waals surface area contributed by atoms with E-state index >= 15 is 0 Å². The van der Waals surface area contributed by atoms with Crippen molar-refractivity contribution in [1.29, 1.82) is 0 Å². The van der Waals surface area contributed by atoms with Crippen molar-refractivity contribution in [1.82, 2.24) is 0 Å². The normalized spacial score (nSPS) is 12.1. The van der Waals surface area contributed by atoms with Gasteiger partial charge >= 0.3 is 5.97 Å². The molecule has 0 aliphatic carbocycles. The molecule has 3 nitrogen and oxygen atoms in total. The molecule has 3 heteroatoms. The van der Waals surface area contributed by atoms with E-state index in [-0.39, 0.29) is 0 Å². The highest BCUT2D eigenvalue weighted by molar-refractivity contribution is 5.88. The number of carbonyl (C=O) groups is 1. The van der Waals surface area contributed by atoms with Crippen LogP contribution in [0.5, 0.6) is 5.75 Å². The minimum absolute atomic E-state index is 0.344. The zero-order valence-corrected chi connectivity index (χ0v) is 14.7. The molecule has 0 aliphatic rings. The van der Waals surface area contributed by atoms with Crippen LogP contribution in [0.2, 0.25) is 0 Å². The molecular weight excluding hydrogens is 312 g/mol. The average molecular weight is 334 g/mol. The molecule has 0 radical (unpaired) electrons. The van der Waals surface area contributed by atoms with Crippen molar-refractivity contribution in [3.63, 3.8) is 0 Å². The first-order valence-electron chi connectivity index (χ1n) is 8.39. The second kappa shape index (κ2) is 6.98. The van der Waals surface area contributed by atoms with Crippen LogP contribution in [0.3, 0.4) is 0 Å². The van der Waals surface area contributed by atoms with Crippen LogP contribution in [-0.4, -0.2) is 17.2 Å². The molecule has 0 saturated heterocycles. The van der Waals surface area contributed by atoms with E-state index in [9.17, 15) is 9.90 Å². The molecule has 3 aromatic rings. The molecule has 0 unspecified atom stereocenters. The van der Waals surface area contributed by atoms with Gasteiger partial charge in [-0.1, -0.05) is 54.1 Å². The first-order valence-corrected chi connectivity index (χ1v) is 8.39. The number of rotatable bonds is 5. The summed E-state index contributed by atoms with van der Waals surface area (Å²) < 4.78 is 5.93. The fourth-order valence-electron chi connectivity index (χ4n) is 3.35. The zero-order valence-electron chi connectivity index (χ0n) is 14.7. The summed E-state index contributed by atoms with van der Waals surface area (Å²) in [4.78, 5) is 11.8. The van der Waals surface area contributed by atoms with Crippen molar-refractivity contribution < 1.29 is 14.6 Å². The van der Waals surface area contributed by atoms with E-state index in [2.05, 4.69) is 12.1 Å². The largest absolute Gasteiger partial charge is 0.478 e. The predicted octanol–water partition coefficient (Wildman–Crippen LogP) is 4.84. The molecule has 0 amide bonds. The van der Waals surface area contributed by atoms with Gasteiger partial charge in [0.25, 0.3) is 0 Å². The Hall–Kier alpha value is -2.81. The van der Waals surface area contributed by atoms with Crippen LogP contribution in [0, 0.1) is 20.8 Å². The highest BCUT2D eigenvalue weighted by Gasteiger charge is 2.22. The van der Waals surface area contributed by atoms with Gasteiger partial charge in [-0.15, -0.1) is 0 Å². The van der Waals surface area contributed by atoms with Crippen molar-refractivity contribution in [3.8, 4) is 5.75 Å². The number of carboxylic acid groups (broad SMARTS) is 1. The fourth-order valence-corrected chi connectivity index (χ4v) is 3.35. The summed E-state index contributed by atoms with van der Waals surface area (Å²) in [6.45, 7) is 6.09. The Morgan fingerprint density at radius 3 is 2.32 bits per heavy atom. The van der Waals surface area contributed by atoms with E-state index in [1.807, 2.05) is 63.2 Å². The molecular formula is C22H22O3. The molecule has 25 heavy (non-hydrogen) atoms. The van der Waals surface area contributed by atoms with E-state index in [0.29, 0.717) is 12.2 Å². The number of aryl methyl sites for hydroxylation is 3. The number of benzene rings is 3. The molecule has 3 rings (SSSR count). The third-order valence-corrected chi connectivity index (χ3v) is 4.52. The lowest BCUT2D eigenvalue weighted by Gasteiger charge is -2.19. The maximum Gasteiger partial charge on any atom is 0.345 e. The van der Waals surface area contributed by atoms with E-state index in [4.69, 9.17) is 4.74 Å². The topological polar surface area (TPSA) is 46.5 Å². The van der Waals surface area contributed by atoms with E-state index in [1.54, 1.807) is 0 Å². The Labute approximate surface area is 147 Å². The van der Waals surface area contributed by atoms with Crippen LogP contribution in [0.4, 0.5) is 0 Å². The monoisotopic (exact) mass is 334 g/mol. The van der Waals surface area contributed by atoms with Gasteiger partial charge in [-0.05, 0) is 48.9 Å². The summed E-state index contributed by atoms with van der Waals surface area (Å²) in [5.74, 6) is -0.347. The highest BCUT2D eigenvalue weighted by Crippen LogP contribution is 2.27. The summed E-state index contributed by atoms with van der Waals surface area (Å²) in [5.41, 5.74) is 4.43.